The number of benzene rings is 1. The molecule has 3 atom stereocenters. The molecule has 21 heavy (non-hydrogen) atoms. The summed E-state index contributed by atoms with van der Waals surface area (Å²) in [6.45, 7) is 3.85. The summed E-state index contributed by atoms with van der Waals surface area (Å²) < 4.78 is 0. The maximum Gasteiger partial charge on any atom is 0.326 e. The summed E-state index contributed by atoms with van der Waals surface area (Å²) in [4.78, 5) is 23.3. The van der Waals surface area contributed by atoms with E-state index >= 15 is 0 Å². The molecule has 0 bridgehead atoms. The highest BCUT2D eigenvalue weighted by molar-refractivity contribution is 7.81. The van der Waals surface area contributed by atoms with E-state index in [0.717, 1.165) is 12.0 Å². The maximum atomic E-state index is 12.0. The van der Waals surface area contributed by atoms with Crippen molar-refractivity contribution in [3.8, 4) is 5.75 Å². The fourth-order valence-corrected chi connectivity index (χ4v) is 2.09. The molecule has 0 saturated carbocycles. The fourth-order valence-electron chi connectivity index (χ4n) is 1.81. The number of carboxylic acid groups (broad SMARTS) is 1. The van der Waals surface area contributed by atoms with E-state index in [0.29, 0.717) is 0 Å². The Hall–Kier alpha value is -1.69. The van der Waals surface area contributed by atoms with Gasteiger partial charge in [-0.1, -0.05) is 32.4 Å². The summed E-state index contributed by atoms with van der Waals surface area (Å²) in [6, 6.07) is 5.21. The van der Waals surface area contributed by atoms with Crippen LogP contribution in [0.4, 0.5) is 0 Å². The lowest BCUT2D eigenvalue weighted by Gasteiger charge is -2.20. The van der Waals surface area contributed by atoms with Crippen LogP contribution in [0.25, 0.3) is 0 Å². The van der Waals surface area contributed by atoms with Crippen molar-refractivity contribution >= 4 is 24.5 Å². The average Bonchev–Trinajstić information content (AvgIpc) is 2.46. The van der Waals surface area contributed by atoms with E-state index in [2.05, 4.69) is 17.9 Å². The number of phenolic OH excluding ortho intramolecular Hbond substituents is 1. The van der Waals surface area contributed by atoms with E-state index in [1.165, 1.54) is 12.1 Å². The third-order valence-corrected chi connectivity index (χ3v) is 4.19. The summed E-state index contributed by atoms with van der Waals surface area (Å²) in [5.41, 5.74) is 0.722. The fraction of sp³-hybridized carbons (Fsp3) is 0.467. The van der Waals surface area contributed by atoms with Gasteiger partial charge in [0.1, 0.15) is 11.8 Å². The van der Waals surface area contributed by atoms with Gasteiger partial charge in [-0.05, 0) is 23.6 Å². The van der Waals surface area contributed by atoms with Crippen molar-refractivity contribution in [1.82, 2.24) is 5.32 Å². The summed E-state index contributed by atoms with van der Waals surface area (Å²) in [6.07, 6.45) is 0.944. The molecule has 0 aliphatic rings. The molecule has 6 heteroatoms. The van der Waals surface area contributed by atoms with E-state index < -0.39 is 17.3 Å². The van der Waals surface area contributed by atoms with Gasteiger partial charge in [0.2, 0.25) is 5.91 Å². The number of nitrogens with one attached hydrogen (secondary N) is 1. The van der Waals surface area contributed by atoms with Gasteiger partial charge in [0.05, 0.1) is 5.25 Å². The van der Waals surface area contributed by atoms with Crippen molar-refractivity contribution < 1.29 is 19.8 Å². The van der Waals surface area contributed by atoms with Crippen LogP contribution in [0.15, 0.2) is 24.3 Å². The van der Waals surface area contributed by atoms with E-state index in [1.807, 2.05) is 13.8 Å². The van der Waals surface area contributed by atoms with Crippen LogP contribution in [0.1, 0.15) is 25.8 Å². The molecule has 0 aromatic heterocycles. The Morgan fingerprint density at radius 2 is 1.86 bits per heavy atom. The number of thiol groups is 1. The minimum atomic E-state index is -1.10. The third kappa shape index (κ3) is 5.30. The van der Waals surface area contributed by atoms with Gasteiger partial charge in [0.25, 0.3) is 0 Å². The summed E-state index contributed by atoms with van der Waals surface area (Å²) in [7, 11) is 0. The molecule has 1 aromatic carbocycles. The van der Waals surface area contributed by atoms with Gasteiger partial charge in [0, 0.05) is 6.42 Å². The number of amides is 1. The van der Waals surface area contributed by atoms with Gasteiger partial charge >= 0.3 is 5.97 Å². The molecule has 3 N–H and O–H groups in total. The van der Waals surface area contributed by atoms with Crippen LogP contribution in [0.5, 0.6) is 5.75 Å². The van der Waals surface area contributed by atoms with Crippen molar-refractivity contribution in [2.24, 2.45) is 5.92 Å². The molecule has 0 heterocycles. The lowest BCUT2D eigenvalue weighted by atomic mass is 10.0. The first kappa shape index (κ1) is 17.4. The monoisotopic (exact) mass is 311 g/mol. The minimum Gasteiger partial charge on any atom is -0.508 e. The second kappa shape index (κ2) is 7.93. The number of carboxylic acids is 1. The lowest BCUT2D eigenvalue weighted by molar-refractivity contribution is -0.141. The normalized spacial score (nSPS) is 15.0. The molecular weight excluding hydrogens is 290 g/mol. The van der Waals surface area contributed by atoms with E-state index in [4.69, 9.17) is 0 Å². The first-order chi connectivity index (χ1) is 9.85. The third-order valence-electron chi connectivity index (χ3n) is 3.44. The SMILES string of the molecule is CC[C@@H](C)[C@H](S)C(=O)N[C@@H](Cc1ccc(O)cc1)C(=O)O. The number of carbonyl (C=O) groups excluding carboxylic acids is 1. The zero-order chi connectivity index (χ0) is 16.0. The second-order valence-corrected chi connectivity index (χ2v) is 5.66. The van der Waals surface area contributed by atoms with Crippen LogP contribution < -0.4 is 5.32 Å². The van der Waals surface area contributed by atoms with Crippen LogP contribution in [0.2, 0.25) is 0 Å². The number of hydrogen-bond donors (Lipinski definition) is 4. The standard InChI is InChI=1S/C15H21NO4S/c1-3-9(2)13(21)14(18)16-12(15(19)20)8-10-4-6-11(17)7-5-10/h4-7,9,12-13,17,21H,3,8H2,1-2H3,(H,16,18)(H,19,20)/t9-,12+,13+/m1/s1. The van der Waals surface area contributed by atoms with Crippen LogP contribution in [0.3, 0.4) is 0 Å². The van der Waals surface area contributed by atoms with Crippen molar-refractivity contribution in [1.29, 1.82) is 0 Å². The Morgan fingerprint density at radius 1 is 1.29 bits per heavy atom. The molecule has 5 nitrogen and oxygen atoms in total. The maximum absolute atomic E-state index is 12.0. The van der Waals surface area contributed by atoms with E-state index in [1.54, 1.807) is 12.1 Å². The van der Waals surface area contributed by atoms with Gasteiger partial charge < -0.3 is 15.5 Å². The van der Waals surface area contributed by atoms with Crippen molar-refractivity contribution in [3.05, 3.63) is 29.8 Å². The summed E-state index contributed by atoms with van der Waals surface area (Å²) in [5.74, 6) is -1.29. The Balaban J connectivity index is 2.72. The van der Waals surface area contributed by atoms with E-state index in [-0.39, 0.29) is 24.0 Å². The Bertz CT molecular complexity index is 489. The first-order valence-electron chi connectivity index (χ1n) is 6.84. The van der Waals surface area contributed by atoms with Crippen molar-refractivity contribution in [2.45, 2.75) is 38.0 Å². The zero-order valence-electron chi connectivity index (χ0n) is 12.1. The highest BCUT2D eigenvalue weighted by Gasteiger charge is 2.26. The number of phenols is 1. The molecule has 0 aliphatic heterocycles. The number of hydrogen-bond acceptors (Lipinski definition) is 4. The number of aliphatic carboxylic acids is 1. The predicted molar refractivity (Wildman–Crippen MR) is 83.6 cm³/mol. The van der Waals surface area contributed by atoms with Crippen LogP contribution in [-0.2, 0) is 16.0 Å². The van der Waals surface area contributed by atoms with Crippen LogP contribution >= 0.6 is 12.6 Å². The smallest absolute Gasteiger partial charge is 0.326 e. The number of carbonyl (C=O) groups is 2. The molecule has 1 rings (SSSR count). The first-order valence-corrected chi connectivity index (χ1v) is 7.36. The Kier molecular flexibility index (Phi) is 6.55. The van der Waals surface area contributed by atoms with Crippen molar-refractivity contribution in [2.75, 3.05) is 0 Å². The van der Waals surface area contributed by atoms with Crippen LogP contribution in [0, 0.1) is 5.92 Å². The average molecular weight is 311 g/mol. The zero-order valence-corrected chi connectivity index (χ0v) is 13.0. The topological polar surface area (TPSA) is 86.6 Å². The summed E-state index contributed by atoms with van der Waals surface area (Å²) in [5, 5.41) is 20.4. The molecular formula is C15H21NO4S. The molecule has 116 valence electrons. The van der Waals surface area contributed by atoms with Crippen molar-refractivity contribution in [3.63, 3.8) is 0 Å². The molecule has 0 spiro atoms. The molecule has 0 unspecified atom stereocenters. The van der Waals surface area contributed by atoms with Crippen LogP contribution in [-0.4, -0.2) is 33.4 Å². The van der Waals surface area contributed by atoms with Gasteiger partial charge in [-0.25, -0.2) is 4.79 Å². The highest BCUT2D eigenvalue weighted by atomic mass is 32.1. The molecule has 0 aliphatic carbocycles. The predicted octanol–water partition coefficient (Wildman–Crippen LogP) is 1.85. The van der Waals surface area contributed by atoms with Gasteiger partial charge in [0.15, 0.2) is 0 Å². The highest BCUT2D eigenvalue weighted by Crippen LogP contribution is 2.15. The number of aromatic hydroxyl groups is 1. The largest absolute Gasteiger partial charge is 0.508 e. The van der Waals surface area contributed by atoms with Gasteiger partial charge in [-0.2, -0.15) is 12.6 Å². The lowest BCUT2D eigenvalue weighted by Crippen LogP contribution is -2.46. The van der Waals surface area contributed by atoms with Gasteiger partial charge in [-0.3, -0.25) is 4.79 Å². The Labute approximate surface area is 129 Å². The van der Waals surface area contributed by atoms with E-state index in [9.17, 15) is 19.8 Å². The summed E-state index contributed by atoms with van der Waals surface area (Å²) >= 11 is 4.24. The molecule has 0 fully saturated rings. The molecule has 1 amide bonds. The minimum absolute atomic E-state index is 0.0662. The molecule has 1 aromatic rings. The van der Waals surface area contributed by atoms with Gasteiger partial charge in [-0.15, -0.1) is 0 Å². The Morgan fingerprint density at radius 3 is 2.33 bits per heavy atom. The molecule has 0 radical (unpaired) electrons. The quantitative estimate of drug-likeness (QED) is 0.579. The number of rotatable bonds is 7. The molecule has 0 saturated heterocycles. The second-order valence-electron chi connectivity index (χ2n) is 5.10.